The minimum atomic E-state index is -0.149. The second-order valence-corrected chi connectivity index (χ2v) is 4.07. The average Bonchev–Trinajstić information content (AvgIpc) is 2.36. The highest BCUT2D eigenvalue weighted by atomic mass is 16.2. The zero-order valence-corrected chi connectivity index (χ0v) is 9.81. The number of benzene rings is 2. The van der Waals surface area contributed by atoms with Gasteiger partial charge in [-0.2, -0.15) is 0 Å². The highest BCUT2D eigenvalue weighted by molar-refractivity contribution is 6.12. The molecule has 0 aliphatic carbocycles. The SMILES string of the molecule is CN(C)C(=O)c1c(C=O)ccc2ccccc12. The molecule has 17 heavy (non-hydrogen) atoms. The predicted octanol–water partition coefficient (Wildman–Crippen LogP) is 2.35. The Hall–Kier alpha value is -2.16. The Kier molecular flexibility index (Phi) is 2.91. The normalized spacial score (nSPS) is 10.2. The first kappa shape index (κ1) is 11.3. The summed E-state index contributed by atoms with van der Waals surface area (Å²) < 4.78 is 0. The fraction of sp³-hybridized carbons (Fsp3) is 0.143. The molecule has 1 amide bonds. The van der Waals surface area contributed by atoms with Crippen LogP contribution in [-0.4, -0.2) is 31.2 Å². The van der Waals surface area contributed by atoms with E-state index >= 15 is 0 Å². The predicted molar refractivity (Wildman–Crippen MR) is 67.4 cm³/mol. The summed E-state index contributed by atoms with van der Waals surface area (Å²) in [5, 5.41) is 1.78. The van der Waals surface area contributed by atoms with Gasteiger partial charge in [-0.15, -0.1) is 0 Å². The van der Waals surface area contributed by atoms with Crippen molar-refractivity contribution in [2.24, 2.45) is 0 Å². The van der Waals surface area contributed by atoms with Crippen LogP contribution in [0.15, 0.2) is 36.4 Å². The summed E-state index contributed by atoms with van der Waals surface area (Å²) in [5.41, 5.74) is 0.908. The van der Waals surface area contributed by atoms with E-state index in [0.717, 1.165) is 17.1 Å². The molecule has 0 fully saturated rings. The van der Waals surface area contributed by atoms with Gasteiger partial charge in [0, 0.05) is 19.7 Å². The molecular weight excluding hydrogens is 214 g/mol. The average molecular weight is 227 g/mol. The summed E-state index contributed by atoms with van der Waals surface area (Å²) in [6.45, 7) is 0. The van der Waals surface area contributed by atoms with Crippen molar-refractivity contribution in [1.82, 2.24) is 4.90 Å². The monoisotopic (exact) mass is 227 g/mol. The van der Waals surface area contributed by atoms with Gasteiger partial charge in [0.25, 0.3) is 5.91 Å². The molecule has 0 saturated heterocycles. The quantitative estimate of drug-likeness (QED) is 0.738. The van der Waals surface area contributed by atoms with Crippen LogP contribution in [0.4, 0.5) is 0 Å². The van der Waals surface area contributed by atoms with Crippen molar-refractivity contribution in [3.05, 3.63) is 47.5 Å². The number of fused-ring (bicyclic) bond motifs is 1. The number of nitrogens with zero attached hydrogens (tertiary/aromatic N) is 1. The van der Waals surface area contributed by atoms with Crippen LogP contribution in [0.5, 0.6) is 0 Å². The van der Waals surface area contributed by atoms with Gasteiger partial charge < -0.3 is 4.90 Å². The standard InChI is InChI=1S/C14H13NO2/c1-15(2)14(17)13-11(9-16)8-7-10-5-3-4-6-12(10)13/h3-9H,1-2H3. The number of amides is 1. The summed E-state index contributed by atoms with van der Waals surface area (Å²) >= 11 is 0. The largest absolute Gasteiger partial charge is 0.345 e. The fourth-order valence-corrected chi connectivity index (χ4v) is 1.85. The Bertz CT molecular complexity index is 588. The van der Waals surface area contributed by atoms with Gasteiger partial charge in [0.05, 0.1) is 5.56 Å². The van der Waals surface area contributed by atoms with Gasteiger partial charge in [-0.05, 0) is 10.8 Å². The maximum atomic E-state index is 12.1. The van der Waals surface area contributed by atoms with Crippen LogP contribution in [0.3, 0.4) is 0 Å². The molecule has 2 rings (SSSR count). The summed E-state index contributed by atoms with van der Waals surface area (Å²) in [6, 6.07) is 11.1. The first-order chi connectivity index (χ1) is 8.15. The van der Waals surface area contributed by atoms with Gasteiger partial charge >= 0.3 is 0 Å². The van der Waals surface area contributed by atoms with Crippen LogP contribution in [0, 0.1) is 0 Å². The van der Waals surface area contributed by atoms with Crippen molar-refractivity contribution in [3.63, 3.8) is 0 Å². The molecule has 0 atom stereocenters. The summed E-state index contributed by atoms with van der Waals surface area (Å²) in [5.74, 6) is -0.149. The zero-order chi connectivity index (χ0) is 12.4. The lowest BCUT2D eigenvalue weighted by Gasteiger charge is -2.14. The van der Waals surface area contributed by atoms with E-state index in [1.807, 2.05) is 30.3 Å². The first-order valence-corrected chi connectivity index (χ1v) is 5.33. The van der Waals surface area contributed by atoms with Crippen molar-refractivity contribution in [3.8, 4) is 0 Å². The number of carbonyl (C=O) groups is 2. The van der Waals surface area contributed by atoms with Crippen molar-refractivity contribution in [2.75, 3.05) is 14.1 Å². The lowest BCUT2D eigenvalue weighted by Crippen LogP contribution is -2.23. The Labute approximate surface area is 99.7 Å². The minimum absolute atomic E-state index is 0.149. The van der Waals surface area contributed by atoms with E-state index in [4.69, 9.17) is 0 Å². The summed E-state index contributed by atoms with van der Waals surface area (Å²) in [6.07, 6.45) is 0.725. The molecule has 0 bridgehead atoms. The molecule has 0 aliphatic heterocycles. The highest BCUT2D eigenvalue weighted by Crippen LogP contribution is 2.22. The Morgan fingerprint density at radius 3 is 2.47 bits per heavy atom. The van der Waals surface area contributed by atoms with E-state index in [9.17, 15) is 9.59 Å². The lowest BCUT2D eigenvalue weighted by molar-refractivity contribution is 0.0826. The van der Waals surface area contributed by atoms with Gasteiger partial charge in [0.2, 0.25) is 0 Å². The third-order valence-electron chi connectivity index (χ3n) is 2.71. The van der Waals surface area contributed by atoms with Crippen LogP contribution in [0.1, 0.15) is 20.7 Å². The second kappa shape index (κ2) is 4.37. The number of carbonyl (C=O) groups excluding carboxylic acids is 2. The molecule has 3 heteroatoms. The van der Waals surface area contributed by atoms with E-state index in [1.165, 1.54) is 4.90 Å². The van der Waals surface area contributed by atoms with Crippen LogP contribution in [0.25, 0.3) is 10.8 Å². The number of aldehydes is 1. The molecule has 0 aromatic heterocycles. The van der Waals surface area contributed by atoms with E-state index in [1.54, 1.807) is 20.2 Å². The van der Waals surface area contributed by atoms with Gasteiger partial charge in [-0.25, -0.2) is 0 Å². The van der Waals surface area contributed by atoms with Gasteiger partial charge in [-0.3, -0.25) is 9.59 Å². The second-order valence-electron chi connectivity index (χ2n) is 4.07. The van der Waals surface area contributed by atoms with Crippen LogP contribution < -0.4 is 0 Å². The molecule has 2 aromatic rings. The summed E-state index contributed by atoms with van der Waals surface area (Å²) in [4.78, 5) is 24.6. The zero-order valence-electron chi connectivity index (χ0n) is 9.81. The lowest BCUT2D eigenvalue weighted by atomic mass is 9.98. The molecule has 2 aromatic carbocycles. The Morgan fingerprint density at radius 1 is 1.12 bits per heavy atom. The molecule has 0 heterocycles. The third-order valence-corrected chi connectivity index (χ3v) is 2.71. The molecule has 0 unspecified atom stereocenters. The van der Waals surface area contributed by atoms with E-state index in [2.05, 4.69) is 0 Å². The smallest absolute Gasteiger partial charge is 0.254 e. The van der Waals surface area contributed by atoms with Crippen molar-refractivity contribution >= 4 is 23.0 Å². The number of rotatable bonds is 2. The van der Waals surface area contributed by atoms with Gasteiger partial charge in [0.15, 0.2) is 6.29 Å². The molecule has 0 saturated carbocycles. The Morgan fingerprint density at radius 2 is 1.82 bits per heavy atom. The minimum Gasteiger partial charge on any atom is -0.345 e. The number of hydrogen-bond donors (Lipinski definition) is 0. The third kappa shape index (κ3) is 1.91. The van der Waals surface area contributed by atoms with Gasteiger partial charge in [-0.1, -0.05) is 36.4 Å². The van der Waals surface area contributed by atoms with E-state index in [0.29, 0.717) is 11.1 Å². The van der Waals surface area contributed by atoms with E-state index < -0.39 is 0 Å². The van der Waals surface area contributed by atoms with E-state index in [-0.39, 0.29) is 5.91 Å². The molecule has 3 nitrogen and oxygen atoms in total. The van der Waals surface area contributed by atoms with Crippen LogP contribution >= 0.6 is 0 Å². The molecule has 0 aliphatic rings. The molecular formula is C14H13NO2. The Balaban J connectivity index is 2.80. The van der Waals surface area contributed by atoms with Crippen LogP contribution in [-0.2, 0) is 0 Å². The molecule has 0 radical (unpaired) electrons. The molecule has 86 valence electrons. The highest BCUT2D eigenvalue weighted by Gasteiger charge is 2.16. The summed E-state index contributed by atoms with van der Waals surface area (Å²) in [7, 11) is 3.36. The molecule has 0 N–H and O–H groups in total. The topological polar surface area (TPSA) is 37.4 Å². The first-order valence-electron chi connectivity index (χ1n) is 5.33. The maximum absolute atomic E-state index is 12.1. The fourth-order valence-electron chi connectivity index (χ4n) is 1.85. The maximum Gasteiger partial charge on any atom is 0.254 e. The number of hydrogen-bond acceptors (Lipinski definition) is 2. The van der Waals surface area contributed by atoms with Crippen molar-refractivity contribution in [2.45, 2.75) is 0 Å². The van der Waals surface area contributed by atoms with Crippen molar-refractivity contribution < 1.29 is 9.59 Å². The van der Waals surface area contributed by atoms with Crippen LogP contribution in [0.2, 0.25) is 0 Å². The molecule has 0 spiro atoms. The van der Waals surface area contributed by atoms with Crippen molar-refractivity contribution in [1.29, 1.82) is 0 Å². The van der Waals surface area contributed by atoms with Gasteiger partial charge in [0.1, 0.15) is 0 Å².